The molecule has 136 valence electrons. The van der Waals surface area contributed by atoms with E-state index in [2.05, 4.69) is 24.0 Å². The fraction of sp³-hybridized carbons (Fsp3) is 0.300. The number of thiazole rings is 1. The van der Waals surface area contributed by atoms with Crippen LogP contribution in [0.5, 0.6) is 11.5 Å². The van der Waals surface area contributed by atoms with Gasteiger partial charge >= 0.3 is 0 Å². The number of methoxy groups -OCH3 is 2. The van der Waals surface area contributed by atoms with E-state index in [4.69, 9.17) is 9.47 Å². The van der Waals surface area contributed by atoms with Gasteiger partial charge in [-0.25, -0.2) is 0 Å². The van der Waals surface area contributed by atoms with E-state index >= 15 is 0 Å². The average Bonchev–Trinajstić information content (AvgIpc) is 2.98. The molecule has 0 radical (unpaired) electrons. The Morgan fingerprint density at radius 1 is 1.04 bits per heavy atom. The first-order valence-electron chi connectivity index (χ1n) is 8.43. The van der Waals surface area contributed by atoms with Crippen molar-refractivity contribution in [3.8, 4) is 11.5 Å². The Kier molecular flexibility index (Phi) is 5.42. The van der Waals surface area contributed by atoms with Crippen LogP contribution in [0.1, 0.15) is 18.1 Å². The lowest BCUT2D eigenvalue weighted by Crippen LogP contribution is -2.14. The average molecular weight is 370 g/mol. The van der Waals surface area contributed by atoms with Crippen LogP contribution in [-0.4, -0.2) is 24.7 Å². The summed E-state index contributed by atoms with van der Waals surface area (Å²) in [6.07, 6.45) is 1.27. The van der Waals surface area contributed by atoms with Crippen LogP contribution in [0.3, 0.4) is 0 Å². The van der Waals surface area contributed by atoms with Crippen LogP contribution in [0.2, 0.25) is 0 Å². The SMILES string of the molecule is CCc1ccc(CC(=O)N=c2sc3c(OC)ccc(OC)c3n2C)cc1. The van der Waals surface area contributed by atoms with Gasteiger partial charge in [0.2, 0.25) is 0 Å². The molecular weight excluding hydrogens is 348 g/mol. The molecule has 0 aliphatic carbocycles. The largest absolute Gasteiger partial charge is 0.495 e. The molecule has 6 heteroatoms. The zero-order valence-corrected chi connectivity index (χ0v) is 16.2. The predicted octanol–water partition coefficient (Wildman–Crippen LogP) is 3.49. The standard InChI is InChI=1S/C20H22N2O3S/c1-5-13-6-8-14(9-7-13)12-17(23)21-20-22(2)18-15(24-3)10-11-16(25-4)19(18)26-20/h6-11H,5,12H2,1-4H3. The van der Waals surface area contributed by atoms with Gasteiger partial charge < -0.3 is 14.0 Å². The van der Waals surface area contributed by atoms with Crippen molar-refractivity contribution in [2.45, 2.75) is 19.8 Å². The van der Waals surface area contributed by atoms with Crippen LogP contribution in [0, 0.1) is 0 Å². The number of aryl methyl sites for hydroxylation is 2. The summed E-state index contributed by atoms with van der Waals surface area (Å²) in [4.78, 5) is 17.4. The minimum absolute atomic E-state index is 0.172. The van der Waals surface area contributed by atoms with Crippen molar-refractivity contribution in [1.82, 2.24) is 4.57 Å². The van der Waals surface area contributed by atoms with Gasteiger partial charge in [0.05, 0.1) is 20.6 Å². The van der Waals surface area contributed by atoms with E-state index in [1.54, 1.807) is 14.2 Å². The van der Waals surface area contributed by atoms with Crippen molar-refractivity contribution in [1.29, 1.82) is 0 Å². The second-order valence-electron chi connectivity index (χ2n) is 5.94. The number of rotatable bonds is 5. The molecule has 0 N–H and O–H groups in total. The summed E-state index contributed by atoms with van der Waals surface area (Å²) in [5.74, 6) is 1.29. The predicted molar refractivity (Wildman–Crippen MR) is 104 cm³/mol. The van der Waals surface area contributed by atoms with Crippen LogP contribution in [0.4, 0.5) is 0 Å². The molecule has 2 aromatic carbocycles. The molecule has 1 heterocycles. The maximum Gasteiger partial charge on any atom is 0.252 e. The number of amides is 1. The minimum atomic E-state index is -0.172. The highest BCUT2D eigenvalue weighted by atomic mass is 32.1. The molecule has 0 aliphatic heterocycles. The van der Waals surface area contributed by atoms with E-state index in [1.165, 1.54) is 16.9 Å². The van der Waals surface area contributed by atoms with Crippen molar-refractivity contribution in [3.63, 3.8) is 0 Å². The van der Waals surface area contributed by atoms with Crippen molar-refractivity contribution < 1.29 is 14.3 Å². The zero-order chi connectivity index (χ0) is 18.7. The van der Waals surface area contributed by atoms with Crippen LogP contribution in [0.15, 0.2) is 41.4 Å². The van der Waals surface area contributed by atoms with Crippen molar-refractivity contribution in [2.75, 3.05) is 14.2 Å². The van der Waals surface area contributed by atoms with E-state index < -0.39 is 0 Å². The lowest BCUT2D eigenvalue weighted by Gasteiger charge is -2.06. The third kappa shape index (κ3) is 3.51. The van der Waals surface area contributed by atoms with Gasteiger partial charge in [0, 0.05) is 7.05 Å². The van der Waals surface area contributed by atoms with Gasteiger partial charge in [0.25, 0.3) is 5.91 Å². The van der Waals surface area contributed by atoms with E-state index in [0.29, 0.717) is 4.80 Å². The van der Waals surface area contributed by atoms with E-state index in [1.807, 2.05) is 35.9 Å². The highest BCUT2D eigenvalue weighted by molar-refractivity contribution is 7.16. The molecular formula is C20H22N2O3S. The first-order valence-corrected chi connectivity index (χ1v) is 9.25. The molecule has 1 amide bonds. The normalized spacial score (nSPS) is 11.8. The number of ether oxygens (including phenoxy) is 2. The van der Waals surface area contributed by atoms with Crippen LogP contribution in [-0.2, 0) is 24.7 Å². The van der Waals surface area contributed by atoms with Gasteiger partial charge in [-0.2, -0.15) is 4.99 Å². The molecule has 0 aliphatic rings. The Hall–Kier alpha value is -2.60. The summed E-state index contributed by atoms with van der Waals surface area (Å²) in [5.41, 5.74) is 3.10. The van der Waals surface area contributed by atoms with Gasteiger partial charge in [0.1, 0.15) is 21.7 Å². The number of fused-ring (bicyclic) bond motifs is 1. The van der Waals surface area contributed by atoms with E-state index in [0.717, 1.165) is 33.7 Å². The molecule has 0 spiro atoms. The molecule has 1 aromatic heterocycles. The second-order valence-corrected chi connectivity index (χ2v) is 6.92. The molecule has 0 fully saturated rings. The maximum absolute atomic E-state index is 12.4. The van der Waals surface area contributed by atoms with Crippen molar-refractivity contribution >= 4 is 27.5 Å². The fourth-order valence-electron chi connectivity index (χ4n) is 2.84. The van der Waals surface area contributed by atoms with Gasteiger partial charge in [0.15, 0.2) is 4.80 Å². The summed E-state index contributed by atoms with van der Waals surface area (Å²) >= 11 is 1.42. The number of aromatic nitrogens is 1. The number of carbonyl (C=O) groups excluding carboxylic acids is 1. The summed E-state index contributed by atoms with van der Waals surface area (Å²) in [7, 11) is 5.13. The van der Waals surface area contributed by atoms with Gasteiger partial charge in [-0.15, -0.1) is 0 Å². The lowest BCUT2D eigenvalue weighted by molar-refractivity contribution is -0.117. The summed E-state index contributed by atoms with van der Waals surface area (Å²) in [6, 6.07) is 11.8. The second kappa shape index (κ2) is 7.74. The summed E-state index contributed by atoms with van der Waals surface area (Å²) in [5, 5.41) is 0. The third-order valence-electron chi connectivity index (χ3n) is 4.32. The fourth-order valence-corrected chi connectivity index (χ4v) is 3.99. The Labute approximate surface area is 156 Å². The quantitative estimate of drug-likeness (QED) is 0.691. The highest BCUT2D eigenvalue weighted by Crippen LogP contribution is 2.34. The maximum atomic E-state index is 12.4. The lowest BCUT2D eigenvalue weighted by atomic mass is 10.1. The number of hydrogen-bond donors (Lipinski definition) is 0. The molecule has 0 unspecified atom stereocenters. The van der Waals surface area contributed by atoms with Crippen LogP contribution in [0.25, 0.3) is 10.2 Å². The highest BCUT2D eigenvalue weighted by Gasteiger charge is 2.14. The van der Waals surface area contributed by atoms with Crippen LogP contribution < -0.4 is 14.3 Å². The summed E-state index contributed by atoms with van der Waals surface area (Å²) < 4.78 is 13.7. The Bertz CT molecular complexity index is 1000. The number of benzene rings is 2. The van der Waals surface area contributed by atoms with Crippen molar-refractivity contribution in [2.24, 2.45) is 12.0 Å². The summed E-state index contributed by atoms with van der Waals surface area (Å²) in [6.45, 7) is 2.11. The number of hydrogen-bond acceptors (Lipinski definition) is 4. The minimum Gasteiger partial charge on any atom is -0.495 e. The monoisotopic (exact) mass is 370 g/mol. The van der Waals surface area contributed by atoms with Crippen molar-refractivity contribution in [3.05, 3.63) is 52.3 Å². The Morgan fingerprint density at radius 2 is 1.65 bits per heavy atom. The molecule has 3 aromatic rings. The molecule has 3 rings (SSSR count). The molecule has 0 bridgehead atoms. The van der Waals surface area contributed by atoms with Crippen LogP contribution >= 0.6 is 11.3 Å². The zero-order valence-electron chi connectivity index (χ0n) is 15.4. The first-order chi connectivity index (χ1) is 12.6. The molecule has 5 nitrogen and oxygen atoms in total. The molecule has 0 saturated heterocycles. The van der Waals surface area contributed by atoms with Gasteiger partial charge in [-0.3, -0.25) is 4.79 Å². The Balaban J connectivity index is 1.98. The van der Waals surface area contributed by atoms with Gasteiger partial charge in [-0.05, 0) is 29.7 Å². The third-order valence-corrected chi connectivity index (χ3v) is 5.47. The molecule has 0 saturated carbocycles. The van der Waals surface area contributed by atoms with E-state index in [9.17, 15) is 4.79 Å². The van der Waals surface area contributed by atoms with E-state index in [-0.39, 0.29) is 12.3 Å². The smallest absolute Gasteiger partial charge is 0.252 e. The number of carbonyl (C=O) groups is 1. The van der Waals surface area contributed by atoms with Gasteiger partial charge in [-0.1, -0.05) is 42.5 Å². The first kappa shape index (κ1) is 18.2. The molecule has 26 heavy (non-hydrogen) atoms. The Morgan fingerprint density at radius 3 is 2.27 bits per heavy atom. The number of nitrogens with zero attached hydrogens (tertiary/aromatic N) is 2. The topological polar surface area (TPSA) is 52.8 Å². The molecule has 0 atom stereocenters.